The zero-order valence-electron chi connectivity index (χ0n) is 10.7. The number of methoxy groups -OCH3 is 1. The number of hydrogen-bond donors (Lipinski definition) is 1. The average Bonchev–Trinajstić information content (AvgIpc) is 3.06. The lowest BCUT2D eigenvalue weighted by molar-refractivity contribution is -0.133. The molecule has 0 atom stereocenters. The van der Waals surface area contributed by atoms with E-state index in [9.17, 15) is 4.79 Å². The molecule has 1 heterocycles. The Kier molecular flexibility index (Phi) is 3.63. The highest BCUT2D eigenvalue weighted by atomic mass is 32.2. The molecular weight excluding hydrogens is 254 g/mol. The van der Waals surface area contributed by atoms with Crippen LogP contribution >= 0.6 is 11.8 Å². The van der Waals surface area contributed by atoms with Crippen molar-refractivity contribution in [3.63, 3.8) is 0 Å². The fraction of sp³-hybridized carbons (Fsp3) is 0.727. The molecular formula is C11H17N3O3S. The number of aromatic nitrogens is 3. The third kappa shape index (κ3) is 2.67. The van der Waals surface area contributed by atoms with Gasteiger partial charge in [-0.25, -0.2) is 0 Å². The maximum atomic E-state index is 10.6. The SMILES string of the molecule is COC(C)(C)c1nnc(SCC(=O)O)n1C1CC1. The summed E-state index contributed by atoms with van der Waals surface area (Å²) in [6.07, 6.45) is 2.18. The van der Waals surface area contributed by atoms with Crippen LogP contribution in [0, 0.1) is 0 Å². The molecule has 1 fully saturated rings. The van der Waals surface area contributed by atoms with Gasteiger partial charge in [0.25, 0.3) is 0 Å². The largest absolute Gasteiger partial charge is 0.481 e. The van der Waals surface area contributed by atoms with Crippen LogP contribution in [0.3, 0.4) is 0 Å². The van der Waals surface area contributed by atoms with Crippen molar-refractivity contribution in [1.82, 2.24) is 14.8 Å². The fourth-order valence-corrected chi connectivity index (χ4v) is 2.39. The van der Waals surface area contributed by atoms with Gasteiger partial charge in [-0.2, -0.15) is 0 Å². The number of carboxylic acids is 1. The zero-order chi connectivity index (χ0) is 13.3. The van der Waals surface area contributed by atoms with Crippen molar-refractivity contribution in [2.45, 2.75) is 43.5 Å². The Hall–Kier alpha value is -1.08. The van der Waals surface area contributed by atoms with E-state index in [-0.39, 0.29) is 5.75 Å². The topological polar surface area (TPSA) is 77.2 Å². The average molecular weight is 271 g/mol. The van der Waals surface area contributed by atoms with Crippen LogP contribution in [0.1, 0.15) is 38.6 Å². The summed E-state index contributed by atoms with van der Waals surface area (Å²) < 4.78 is 7.46. The van der Waals surface area contributed by atoms with E-state index in [0.717, 1.165) is 18.7 Å². The number of carboxylic acid groups (broad SMARTS) is 1. The fourth-order valence-electron chi connectivity index (χ4n) is 1.67. The molecule has 0 bridgehead atoms. The quantitative estimate of drug-likeness (QED) is 0.793. The molecule has 6 nitrogen and oxygen atoms in total. The molecule has 18 heavy (non-hydrogen) atoms. The van der Waals surface area contributed by atoms with Gasteiger partial charge in [-0.05, 0) is 26.7 Å². The van der Waals surface area contributed by atoms with E-state index in [1.807, 2.05) is 18.4 Å². The first-order valence-corrected chi connectivity index (χ1v) is 6.79. The number of aliphatic carboxylic acids is 1. The Labute approximate surface area is 110 Å². The second kappa shape index (κ2) is 4.89. The molecule has 0 aromatic carbocycles. The van der Waals surface area contributed by atoms with Crippen molar-refractivity contribution in [3.05, 3.63) is 5.82 Å². The maximum Gasteiger partial charge on any atom is 0.313 e. The van der Waals surface area contributed by atoms with Crippen molar-refractivity contribution in [2.24, 2.45) is 0 Å². The van der Waals surface area contributed by atoms with E-state index in [2.05, 4.69) is 10.2 Å². The van der Waals surface area contributed by atoms with Gasteiger partial charge in [0.2, 0.25) is 0 Å². The lowest BCUT2D eigenvalue weighted by atomic mass is 10.1. The summed E-state index contributed by atoms with van der Waals surface area (Å²) >= 11 is 1.21. The number of thioether (sulfide) groups is 1. The lowest BCUT2D eigenvalue weighted by Crippen LogP contribution is -2.25. The minimum Gasteiger partial charge on any atom is -0.481 e. The molecule has 0 aliphatic heterocycles. The first-order chi connectivity index (χ1) is 8.45. The number of hydrogen-bond acceptors (Lipinski definition) is 5. The summed E-state index contributed by atoms with van der Waals surface area (Å²) in [6.45, 7) is 3.86. The normalized spacial score (nSPS) is 15.9. The van der Waals surface area contributed by atoms with Crippen LogP contribution < -0.4 is 0 Å². The van der Waals surface area contributed by atoms with Gasteiger partial charge in [0, 0.05) is 13.2 Å². The minimum atomic E-state index is -0.849. The summed E-state index contributed by atoms with van der Waals surface area (Å²) in [7, 11) is 1.63. The minimum absolute atomic E-state index is 0.00172. The van der Waals surface area contributed by atoms with E-state index < -0.39 is 11.6 Å². The first-order valence-electron chi connectivity index (χ1n) is 5.81. The molecule has 2 rings (SSSR count). The molecule has 1 saturated carbocycles. The molecule has 1 aromatic heterocycles. The Morgan fingerprint density at radius 2 is 2.22 bits per heavy atom. The van der Waals surface area contributed by atoms with E-state index in [1.54, 1.807) is 7.11 Å². The third-order valence-corrected chi connectivity index (χ3v) is 3.88. The van der Waals surface area contributed by atoms with Crippen LogP contribution in [0.5, 0.6) is 0 Å². The second-order valence-corrected chi connectivity index (χ2v) is 5.75. The molecule has 0 unspecified atom stereocenters. The van der Waals surface area contributed by atoms with Gasteiger partial charge in [-0.15, -0.1) is 10.2 Å². The lowest BCUT2D eigenvalue weighted by Gasteiger charge is -2.23. The van der Waals surface area contributed by atoms with Crippen molar-refractivity contribution in [3.8, 4) is 0 Å². The smallest absolute Gasteiger partial charge is 0.313 e. The van der Waals surface area contributed by atoms with E-state index in [4.69, 9.17) is 9.84 Å². The third-order valence-electron chi connectivity index (χ3n) is 2.95. The highest BCUT2D eigenvalue weighted by Gasteiger charge is 2.35. The Bertz CT molecular complexity index is 454. The van der Waals surface area contributed by atoms with Gasteiger partial charge in [-0.3, -0.25) is 4.79 Å². The molecule has 0 amide bonds. The number of nitrogens with zero attached hydrogens (tertiary/aromatic N) is 3. The number of carbonyl (C=O) groups is 1. The van der Waals surface area contributed by atoms with Gasteiger partial charge < -0.3 is 14.4 Å². The molecule has 1 aliphatic rings. The highest BCUT2D eigenvalue weighted by Crippen LogP contribution is 2.41. The van der Waals surface area contributed by atoms with Crippen LogP contribution in [-0.4, -0.2) is 38.7 Å². The van der Waals surface area contributed by atoms with Crippen molar-refractivity contribution in [1.29, 1.82) is 0 Å². The van der Waals surface area contributed by atoms with Crippen LogP contribution in [0.25, 0.3) is 0 Å². The summed E-state index contributed by atoms with van der Waals surface area (Å²) in [5, 5.41) is 17.7. The number of ether oxygens (including phenoxy) is 1. The molecule has 1 aliphatic carbocycles. The van der Waals surface area contributed by atoms with Crippen LogP contribution in [0.2, 0.25) is 0 Å². The van der Waals surface area contributed by atoms with Crippen LogP contribution in [-0.2, 0) is 15.1 Å². The molecule has 0 spiro atoms. The highest BCUT2D eigenvalue weighted by molar-refractivity contribution is 7.99. The molecule has 7 heteroatoms. The van der Waals surface area contributed by atoms with Gasteiger partial charge in [0.1, 0.15) is 5.60 Å². The van der Waals surface area contributed by atoms with Gasteiger partial charge in [-0.1, -0.05) is 11.8 Å². The van der Waals surface area contributed by atoms with Gasteiger partial charge in [0.05, 0.1) is 5.75 Å². The monoisotopic (exact) mass is 271 g/mol. The molecule has 1 N–H and O–H groups in total. The summed E-state index contributed by atoms with van der Waals surface area (Å²) in [5.74, 6) is -0.0866. The summed E-state index contributed by atoms with van der Waals surface area (Å²) in [5.41, 5.74) is -0.516. The molecule has 100 valence electrons. The van der Waals surface area contributed by atoms with E-state index in [0.29, 0.717) is 11.2 Å². The predicted molar refractivity (Wildman–Crippen MR) is 66.7 cm³/mol. The molecule has 0 saturated heterocycles. The van der Waals surface area contributed by atoms with Crippen molar-refractivity contribution in [2.75, 3.05) is 12.9 Å². The second-order valence-electron chi connectivity index (χ2n) is 4.80. The van der Waals surface area contributed by atoms with Crippen molar-refractivity contribution < 1.29 is 14.6 Å². The Morgan fingerprint density at radius 1 is 1.56 bits per heavy atom. The summed E-state index contributed by atoms with van der Waals surface area (Å²) in [6, 6.07) is 0.390. The predicted octanol–water partition coefficient (Wildman–Crippen LogP) is 1.67. The first kappa shape index (κ1) is 13.4. The standard InChI is InChI=1S/C11H17N3O3S/c1-11(2,17-3)9-12-13-10(18-6-8(15)16)14(9)7-4-5-7/h7H,4-6H2,1-3H3,(H,15,16). The molecule has 1 aromatic rings. The van der Waals surface area contributed by atoms with Gasteiger partial charge in [0.15, 0.2) is 11.0 Å². The summed E-state index contributed by atoms with van der Waals surface area (Å²) in [4.78, 5) is 10.6. The zero-order valence-corrected chi connectivity index (χ0v) is 11.5. The van der Waals surface area contributed by atoms with Crippen LogP contribution in [0.15, 0.2) is 5.16 Å². The molecule has 0 radical (unpaired) electrons. The number of rotatable bonds is 6. The maximum absolute atomic E-state index is 10.6. The Balaban J connectivity index is 2.28. The van der Waals surface area contributed by atoms with Crippen molar-refractivity contribution >= 4 is 17.7 Å². The van der Waals surface area contributed by atoms with Gasteiger partial charge >= 0.3 is 5.97 Å². The van der Waals surface area contributed by atoms with Crippen LogP contribution in [0.4, 0.5) is 0 Å². The van der Waals surface area contributed by atoms with E-state index >= 15 is 0 Å². The Morgan fingerprint density at radius 3 is 2.72 bits per heavy atom. The van der Waals surface area contributed by atoms with E-state index in [1.165, 1.54) is 11.8 Å².